The van der Waals surface area contributed by atoms with E-state index in [2.05, 4.69) is 15.4 Å². The lowest BCUT2D eigenvalue weighted by molar-refractivity contribution is -0.159. The van der Waals surface area contributed by atoms with Gasteiger partial charge in [0.05, 0.1) is 14.2 Å². The Hall–Kier alpha value is -1.50. The van der Waals surface area contributed by atoms with Crippen molar-refractivity contribution in [3.63, 3.8) is 0 Å². The van der Waals surface area contributed by atoms with Crippen LogP contribution in [0.1, 0.15) is 32.1 Å². The maximum absolute atomic E-state index is 11.3. The van der Waals surface area contributed by atoms with Gasteiger partial charge in [-0.1, -0.05) is 12.8 Å². The molecule has 0 aromatic heterocycles. The second kappa shape index (κ2) is 8.78. The quantitative estimate of drug-likeness (QED) is 0.286. The Morgan fingerprint density at radius 1 is 1.12 bits per heavy atom. The Morgan fingerprint density at radius 3 is 2.12 bits per heavy atom. The van der Waals surface area contributed by atoms with Gasteiger partial charge in [0.25, 0.3) is 0 Å². The molecular formula is C12H18O4. The molecule has 0 aliphatic heterocycles. The highest BCUT2D eigenvalue weighted by Crippen LogP contribution is 2.13. The van der Waals surface area contributed by atoms with Crippen LogP contribution in [-0.2, 0) is 19.1 Å². The van der Waals surface area contributed by atoms with E-state index in [1.54, 1.807) is 0 Å². The van der Waals surface area contributed by atoms with Crippen LogP contribution in [0.25, 0.3) is 0 Å². The summed E-state index contributed by atoms with van der Waals surface area (Å²) in [6.45, 7) is 0. The van der Waals surface area contributed by atoms with Crippen LogP contribution in [0.5, 0.6) is 0 Å². The molecule has 0 aromatic rings. The fourth-order valence-corrected chi connectivity index (χ4v) is 1.37. The van der Waals surface area contributed by atoms with Gasteiger partial charge in [0, 0.05) is 6.42 Å². The summed E-state index contributed by atoms with van der Waals surface area (Å²) in [6, 6.07) is 0. The van der Waals surface area contributed by atoms with Crippen molar-refractivity contribution < 1.29 is 19.1 Å². The van der Waals surface area contributed by atoms with Gasteiger partial charge in [0.2, 0.25) is 0 Å². The van der Waals surface area contributed by atoms with Crippen molar-refractivity contribution >= 4 is 11.9 Å². The summed E-state index contributed by atoms with van der Waals surface area (Å²) < 4.78 is 9.08. The Balaban J connectivity index is 3.99. The van der Waals surface area contributed by atoms with Crippen molar-refractivity contribution in [3.8, 4) is 12.3 Å². The Kier molecular flexibility index (Phi) is 7.96. The SMILES string of the molecule is C#CCCCCCC(C(=O)OC)C(=O)OC. The number of carbonyl (C=O) groups is 2. The fraction of sp³-hybridized carbons (Fsp3) is 0.667. The average molecular weight is 226 g/mol. The third-order valence-electron chi connectivity index (χ3n) is 2.29. The first-order valence-electron chi connectivity index (χ1n) is 5.26. The van der Waals surface area contributed by atoms with Crippen molar-refractivity contribution in [3.05, 3.63) is 0 Å². The lowest BCUT2D eigenvalue weighted by atomic mass is 10.0. The number of rotatable bonds is 7. The Morgan fingerprint density at radius 2 is 1.69 bits per heavy atom. The van der Waals surface area contributed by atoms with Crippen LogP contribution in [-0.4, -0.2) is 26.2 Å². The minimum absolute atomic E-state index is 0.448. The van der Waals surface area contributed by atoms with Crippen molar-refractivity contribution in [1.82, 2.24) is 0 Å². The first-order valence-corrected chi connectivity index (χ1v) is 5.26. The fourth-order valence-electron chi connectivity index (χ4n) is 1.37. The molecule has 0 aliphatic rings. The van der Waals surface area contributed by atoms with Crippen LogP contribution in [0.4, 0.5) is 0 Å². The molecule has 0 aromatic carbocycles. The third kappa shape index (κ3) is 5.40. The van der Waals surface area contributed by atoms with Gasteiger partial charge in [-0.2, -0.15) is 0 Å². The molecule has 0 rings (SSSR count). The highest BCUT2D eigenvalue weighted by molar-refractivity contribution is 5.94. The van der Waals surface area contributed by atoms with Gasteiger partial charge >= 0.3 is 11.9 Å². The third-order valence-corrected chi connectivity index (χ3v) is 2.29. The lowest BCUT2D eigenvalue weighted by Crippen LogP contribution is -2.26. The van der Waals surface area contributed by atoms with Crippen LogP contribution in [0, 0.1) is 18.3 Å². The van der Waals surface area contributed by atoms with Crippen LogP contribution in [0.15, 0.2) is 0 Å². The van der Waals surface area contributed by atoms with Crippen molar-refractivity contribution in [2.75, 3.05) is 14.2 Å². The van der Waals surface area contributed by atoms with Crippen LogP contribution in [0.2, 0.25) is 0 Å². The molecule has 0 saturated carbocycles. The zero-order valence-corrected chi connectivity index (χ0v) is 9.82. The Labute approximate surface area is 96.3 Å². The average Bonchev–Trinajstić information content (AvgIpc) is 2.32. The van der Waals surface area contributed by atoms with Gasteiger partial charge in [-0.15, -0.1) is 12.3 Å². The number of unbranched alkanes of at least 4 members (excludes halogenated alkanes) is 3. The number of methoxy groups -OCH3 is 2. The van der Waals surface area contributed by atoms with Gasteiger partial charge in [0.1, 0.15) is 0 Å². The normalized spacial score (nSPS) is 9.62. The molecule has 0 atom stereocenters. The van der Waals surface area contributed by atoms with Gasteiger partial charge in [-0.05, 0) is 12.8 Å². The number of hydrogen-bond acceptors (Lipinski definition) is 4. The molecule has 0 amide bonds. The predicted octanol–water partition coefficient (Wildman–Crippen LogP) is 1.53. The van der Waals surface area contributed by atoms with E-state index >= 15 is 0 Å². The summed E-state index contributed by atoms with van der Waals surface area (Å²) in [5.74, 6) is 0.659. The molecule has 0 fully saturated rings. The maximum atomic E-state index is 11.3. The number of esters is 2. The monoisotopic (exact) mass is 226 g/mol. The lowest BCUT2D eigenvalue weighted by Gasteiger charge is -2.11. The van der Waals surface area contributed by atoms with Gasteiger partial charge < -0.3 is 9.47 Å². The summed E-state index contributed by atoms with van der Waals surface area (Å²) in [7, 11) is 2.52. The molecule has 0 bridgehead atoms. The largest absolute Gasteiger partial charge is 0.468 e. The highest BCUT2D eigenvalue weighted by Gasteiger charge is 2.27. The number of terminal acetylenes is 1. The minimum atomic E-state index is -0.805. The minimum Gasteiger partial charge on any atom is -0.468 e. The first-order chi connectivity index (χ1) is 7.67. The molecular weight excluding hydrogens is 208 g/mol. The molecule has 4 heteroatoms. The topological polar surface area (TPSA) is 52.6 Å². The van der Waals surface area contributed by atoms with Crippen LogP contribution in [0.3, 0.4) is 0 Å². The molecule has 0 spiro atoms. The van der Waals surface area contributed by atoms with Gasteiger partial charge in [-0.25, -0.2) is 0 Å². The Bertz CT molecular complexity index is 249. The molecule has 0 N–H and O–H groups in total. The summed E-state index contributed by atoms with van der Waals surface area (Å²) in [5.41, 5.74) is 0. The van der Waals surface area contributed by atoms with E-state index in [1.807, 2.05) is 0 Å². The van der Waals surface area contributed by atoms with E-state index in [4.69, 9.17) is 6.42 Å². The van der Waals surface area contributed by atoms with E-state index < -0.39 is 17.9 Å². The predicted molar refractivity (Wildman–Crippen MR) is 59.4 cm³/mol. The number of hydrogen-bond donors (Lipinski definition) is 0. The molecule has 0 unspecified atom stereocenters. The standard InChI is InChI=1S/C12H18O4/c1-4-5-6-7-8-9-10(11(13)15-2)12(14)16-3/h1,10H,5-9H2,2-3H3. The second-order valence-corrected chi connectivity index (χ2v) is 3.40. The summed E-state index contributed by atoms with van der Waals surface area (Å²) in [5, 5.41) is 0. The molecule has 0 saturated heterocycles. The zero-order chi connectivity index (χ0) is 12.4. The van der Waals surface area contributed by atoms with Gasteiger partial charge in [-0.3, -0.25) is 9.59 Å². The summed E-state index contributed by atoms with van der Waals surface area (Å²) >= 11 is 0. The molecule has 0 heterocycles. The first kappa shape index (κ1) is 14.5. The van der Waals surface area contributed by atoms with Crippen LogP contribution < -0.4 is 0 Å². The van der Waals surface area contributed by atoms with E-state index in [0.717, 1.165) is 25.7 Å². The van der Waals surface area contributed by atoms with Crippen molar-refractivity contribution in [1.29, 1.82) is 0 Å². The smallest absolute Gasteiger partial charge is 0.320 e. The number of ether oxygens (including phenoxy) is 2. The molecule has 16 heavy (non-hydrogen) atoms. The summed E-state index contributed by atoms with van der Waals surface area (Å²) in [4.78, 5) is 22.6. The molecule has 90 valence electrons. The van der Waals surface area contributed by atoms with E-state index in [-0.39, 0.29) is 0 Å². The van der Waals surface area contributed by atoms with Crippen molar-refractivity contribution in [2.24, 2.45) is 5.92 Å². The van der Waals surface area contributed by atoms with Crippen molar-refractivity contribution in [2.45, 2.75) is 32.1 Å². The second-order valence-electron chi connectivity index (χ2n) is 3.40. The highest BCUT2D eigenvalue weighted by atomic mass is 16.5. The van der Waals surface area contributed by atoms with Crippen LogP contribution >= 0.6 is 0 Å². The maximum Gasteiger partial charge on any atom is 0.320 e. The molecule has 0 radical (unpaired) electrons. The van der Waals surface area contributed by atoms with E-state index in [0.29, 0.717) is 6.42 Å². The summed E-state index contributed by atoms with van der Waals surface area (Å²) in [6.07, 6.45) is 8.85. The molecule has 4 nitrogen and oxygen atoms in total. The number of carbonyl (C=O) groups excluding carboxylic acids is 2. The zero-order valence-electron chi connectivity index (χ0n) is 9.82. The molecule has 0 aliphatic carbocycles. The van der Waals surface area contributed by atoms with Gasteiger partial charge in [0.15, 0.2) is 5.92 Å². The van der Waals surface area contributed by atoms with E-state index in [9.17, 15) is 9.59 Å². The van der Waals surface area contributed by atoms with E-state index in [1.165, 1.54) is 14.2 Å².